The Morgan fingerprint density at radius 3 is 2.63 bits per heavy atom. The van der Waals surface area contributed by atoms with E-state index in [4.69, 9.17) is 21.1 Å². The number of carbonyl (C=O) groups excluding carboxylic acids is 1. The van der Waals surface area contributed by atoms with E-state index >= 15 is 0 Å². The molecule has 0 saturated carbocycles. The predicted octanol–water partition coefficient (Wildman–Crippen LogP) is 5.31. The molecule has 0 aromatic heterocycles. The summed E-state index contributed by atoms with van der Waals surface area (Å²) < 4.78 is 11.4. The molecule has 0 radical (unpaired) electrons. The summed E-state index contributed by atoms with van der Waals surface area (Å²) in [6.07, 6.45) is 1.53. The third kappa shape index (κ3) is 5.39. The van der Waals surface area contributed by atoms with Gasteiger partial charge in [-0.15, -0.1) is 0 Å². The topological polar surface area (TPSA) is 59.9 Å². The number of methoxy groups -OCH3 is 1. The SMILES string of the molecule is COc1cc(/C=N\NC(=O)c2ccccc2Cl)ccc1OCc1cc(C)ccc1C. The highest BCUT2D eigenvalue weighted by molar-refractivity contribution is 6.33. The first-order chi connectivity index (χ1) is 14.5. The molecule has 1 amide bonds. The number of hydrogen-bond acceptors (Lipinski definition) is 4. The van der Waals surface area contributed by atoms with Crippen LogP contribution in [0.1, 0.15) is 32.6 Å². The number of hydrogen-bond donors (Lipinski definition) is 1. The van der Waals surface area contributed by atoms with Crippen molar-refractivity contribution in [3.8, 4) is 11.5 Å². The number of nitrogens with one attached hydrogen (secondary N) is 1. The fourth-order valence-corrected chi connectivity index (χ4v) is 3.09. The van der Waals surface area contributed by atoms with E-state index in [2.05, 4.69) is 42.6 Å². The van der Waals surface area contributed by atoms with Crippen molar-refractivity contribution in [2.45, 2.75) is 20.5 Å². The summed E-state index contributed by atoms with van der Waals surface area (Å²) in [6, 6.07) is 18.5. The van der Waals surface area contributed by atoms with Gasteiger partial charge < -0.3 is 9.47 Å². The van der Waals surface area contributed by atoms with Crippen LogP contribution < -0.4 is 14.9 Å². The molecule has 3 aromatic rings. The van der Waals surface area contributed by atoms with E-state index in [-0.39, 0.29) is 5.91 Å². The lowest BCUT2D eigenvalue weighted by molar-refractivity contribution is 0.0955. The van der Waals surface area contributed by atoms with Gasteiger partial charge in [-0.1, -0.05) is 47.5 Å². The number of amides is 1. The first-order valence-electron chi connectivity index (χ1n) is 9.43. The lowest BCUT2D eigenvalue weighted by atomic mass is 10.1. The molecule has 0 aliphatic carbocycles. The van der Waals surface area contributed by atoms with Crippen LogP contribution in [0.25, 0.3) is 0 Å². The van der Waals surface area contributed by atoms with Gasteiger partial charge in [0.25, 0.3) is 5.91 Å². The minimum atomic E-state index is -0.378. The second kappa shape index (κ2) is 9.94. The molecular weight excluding hydrogens is 400 g/mol. The summed E-state index contributed by atoms with van der Waals surface area (Å²) >= 11 is 6.02. The summed E-state index contributed by atoms with van der Waals surface area (Å²) in [5, 5.41) is 4.37. The molecule has 0 aliphatic heterocycles. The number of rotatable bonds is 7. The van der Waals surface area contributed by atoms with Crippen LogP contribution in [-0.4, -0.2) is 19.2 Å². The first-order valence-corrected chi connectivity index (χ1v) is 9.80. The van der Waals surface area contributed by atoms with Crippen LogP contribution in [0, 0.1) is 13.8 Å². The molecule has 0 fully saturated rings. The number of hydrazone groups is 1. The molecule has 154 valence electrons. The summed E-state index contributed by atoms with van der Waals surface area (Å²) in [5.74, 6) is 0.842. The molecule has 5 nitrogen and oxygen atoms in total. The Morgan fingerprint density at radius 1 is 1.07 bits per heavy atom. The van der Waals surface area contributed by atoms with Crippen LogP contribution >= 0.6 is 11.6 Å². The molecule has 0 bridgehead atoms. The lowest BCUT2D eigenvalue weighted by Gasteiger charge is -2.13. The molecule has 0 saturated heterocycles. The van der Waals surface area contributed by atoms with Crippen LogP contribution in [0.15, 0.2) is 65.8 Å². The van der Waals surface area contributed by atoms with Crippen molar-refractivity contribution in [3.63, 3.8) is 0 Å². The number of ether oxygens (including phenoxy) is 2. The number of aryl methyl sites for hydroxylation is 2. The lowest BCUT2D eigenvalue weighted by Crippen LogP contribution is -2.17. The van der Waals surface area contributed by atoms with Gasteiger partial charge in [-0.25, -0.2) is 5.43 Å². The standard InChI is InChI=1S/C24H23ClN2O3/c1-16-8-9-17(2)19(12-16)15-30-22-11-10-18(13-23(22)29-3)14-26-27-24(28)20-6-4-5-7-21(20)25/h4-14H,15H2,1-3H3,(H,27,28)/b26-14-. The second-order valence-corrected chi connectivity index (χ2v) is 7.22. The highest BCUT2D eigenvalue weighted by Gasteiger charge is 2.09. The third-order valence-electron chi connectivity index (χ3n) is 4.57. The van der Waals surface area contributed by atoms with Gasteiger partial charge in [0.2, 0.25) is 0 Å². The van der Waals surface area contributed by atoms with E-state index in [0.717, 1.165) is 11.1 Å². The zero-order chi connectivity index (χ0) is 21.5. The van der Waals surface area contributed by atoms with Crippen LogP contribution in [0.5, 0.6) is 11.5 Å². The molecule has 0 aliphatic rings. The van der Waals surface area contributed by atoms with Crippen molar-refractivity contribution >= 4 is 23.7 Å². The van der Waals surface area contributed by atoms with Crippen molar-refractivity contribution in [3.05, 3.63) is 93.5 Å². The predicted molar refractivity (Wildman–Crippen MR) is 120 cm³/mol. The Balaban J connectivity index is 1.66. The smallest absolute Gasteiger partial charge is 0.272 e. The second-order valence-electron chi connectivity index (χ2n) is 6.81. The molecule has 0 unspecified atom stereocenters. The highest BCUT2D eigenvalue weighted by Crippen LogP contribution is 2.28. The quantitative estimate of drug-likeness (QED) is 0.414. The van der Waals surface area contributed by atoms with Crippen molar-refractivity contribution in [2.24, 2.45) is 5.10 Å². The van der Waals surface area contributed by atoms with Gasteiger partial charge in [-0.05, 0) is 60.9 Å². The zero-order valence-electron chi connectivity index (χ0n) is 17.1. The minimum absolute atomic E-state index is 0.365. The Bertz CT molecular complexity index is 1080. The van der Waals surface area contributed by atoms with Crippen LogP contribution in [0.4, 0.5) is 0 Å². The molecule has 3 aromatic carbocycles. The third-order valence-corrected chi connectivity index (χ3v) is 4.90. The Labute approximate surface area is 181 Å². The molecule has 1 N–H and O–H groups in total. The maximum atomic E-state index is 12.2. The van der Waals surface area contributed by atoms with Crippen LogP contribution in [-0.2, 0) is 6.61 Å². The molecule has 30 heavy (non-hydrogen) atoms. The van der Waals surface area contributed by atoms with Gasteiger partial charge in [0.05, 0.1) is 23.9 Å². The fraction of sp³-hybridized carbons (Fsp3) is 0.167. The van der Waals surface area contributed by atoms with Crippen molar-refractivity contribution in [1.82, 2.24) is 5.43 Å². The number of halogens is 1. The van der Waals surface area contributed by atoms with E-state index < -0.39 is 0 Å². The molecule has 6 heteroatoms. The van der Waals surface area contributed by atoms with Crippen molar-refractivity contribution in [2.75, 3.05) is 7.11 Å². The summed E-state index contributed by atoms with van der Waals surface area (Å²) in [7, 11) is 1.58. The number of nitrogens with zero attached hydrogens (tertiary/aromatic N) is 1. The van der Waals surface area contributed by atoms with E-state index in [9.17, 15) is 4.79 Å². The van der Waals surface area contributed by atoms with Crippen LogP contribution in [0.2, 0.25) is 5.02 Å². The molecule has 0 atom stereocenters. The Hall–Kier alpha value is -3.31. The highest BCUT2D eigenvalue weighted by atomic mass is 35.5. The summed E-state index contributed by atoms with van der Waals surface area (Å²) in [4.78, 5) is 12.2. The monoisotopic (exact) mass is 422 g/mol. The van der Waals surface area contributed by atoms with Gasteiger partial charge in [0.1, 0.15) is 6.61 Å². The van der Waals surface area contributed by atoms with Crippen molar-refractivity contribution < 1.29 is 14.3 Å². The largest absolute Gasteiger partial charge is 0.493 e. The van der Waals surface area contributed by atoms with E-state index in [1.807, 2.05) is 12.1 Å². The summed E-state index contributed by atoms with van der Waals surface area (Å²) in [5.41, 5.74) is 7.09. The van der Waals surface area contributed by atoms with Crippen molar-refractivity contribution in [1.29, 1.82) is 0 Å². The fourth-order valence-electron chi connectivity index (χ4n) is 2.87. The average Bonchev–Trinajstić information content (AvgIpc) is 2.75. The molecule has 3 rings (SSSR count). The maximum Gasteiger partial charge on any atom is 0.272 e. The van der Waals surface area contributed by atoms with Gasteiger partial charge >= 0.3 is 0 Å². The Morgan fingerprint density at radius 2 is 1.87 bits per heavy atom. The number of benzene rings is 3. The van der Waals surface area contributed by atoms with Crippen LogP contribution in [0.3, 0.4) is 0 Å². The zero-order valence-corrected chi connectivity index (χ0v) is 17.9. The van der Waals surface area contributed by atoms with E-state index in [0.29, 0.717) is 28.7 Å². The van der Waals surface area contributed by atoms with Gasteiger partial charge in [-0.2, -0.15) is 5.10 Å². The average molecular weight is 423 g/mol. The minimum Gasteiger partial charge on any atom is -0.493 e. The first kappa shape index (κ1) is 21.4. The number of carbonyl (C=O) groups is 1. The van der Waals surface area contributed by atoms with Gasteiger partial charge in [0.15, 0.2) is 11.5 Å². The van der Waals surface area contributed by atoms with Gasteiger partial charge in [0, 0.05) is 0 Å². The normalized spacial score (nSPS) is 10.8. The van der Waals surface area contributed by atoms with E-state index in [1.54, 1.807) is 37.4 Å². The molecule has 0 spiro atoms. The van der Waals surface area contributed by atoms with E-state index in [1.165, 1.54) is 17.3 Å². The molecule has 0 heterocycles. The molecular formula is C24H23ClN2O3. The van der Waals surface area contributed by atoms with Gasteiger partial charge in [-0.3, -0.25) is 4.79 Å². The maximum absolute atomic E-state index is 12.2. The summed E-state index contributed by atoms with van der Waals surface area (Å²) in [6.45, 7) is 4.57. The Kier molecular flexibility index (Phi) is 7.09.